The zero-order valence-corrected chi connectivity index (χ0v) is 11.0. The lowest BCUT2D eigenvalue weighted by atomic mass is 10.2. The summed E-state index contributed by atoms with van der Waals surface area (Å²) in [6.07, 6.45) is -0.114. The molecule has 1 rings (SSSR count). The zero-order valence-electron chi connectivity index (χ0n) is 11.0. The Hall–Kier alpha value is -1.38. The molecule has 2 amide bonds. The number of aliphatic hydroxyl groups excluding tert-OH is 1. The molecule has 0 radical (unpaired) electrons. The Morgan fingerprint density at radius 3 is 2.84 bits per heavy atom. The van der Waals surface area contributed by atoms with Crippen LogP contribution in [-0.4, -0.2) is 79.2 Å². The van der Waals surface area contributed by atoms with Gasteiger partial charge in [-0.05, 0) is 7.05 Å². The number of hydrogen-bond donors (Lipinski definition) is 4. The Morgan fingerprint density at radius 1 is 1.53 bits per heavy atom. The van der Waals surface area contributed by atoms with Gasteiger partial charge in [0.25, 0.3) is 0 Å². The highest BCUT2D eigenvalue weighted by atomic mass is 16.5. The van der Waals surface area contributed by atoms with E-state index in [9.17, 15) is 9.59 Å². The molecule has 19 heavy (non-hydrogen) atoms. The molecule has 0 aliphatic carbocycles. The highest BCUT2D eigenvalue weighted by molar-refractivity contribution is 5.82. The molecule has 1 unspecified atom stereocenters. The molecule has 1 fully saturated rings. The van der Waals surface area contributed by atoms with Crippen molar-refractivity contribution < 1.29 is 24.5 Å². The average Bonchev–Trinajstić information content (AvgIpc) is 2.36. The Morgan fingerprint density at radius 2 is 2.26 bits per heavy atom. The molecule has 2 atom stereocenters. The van der Waals surface area contributed by atoms with E-state index in [2.05, 4.69) is 15.5 Å². The first-order chi connectivity index (χ1) is 9.02. The minimum Gasteiger partial charge on any atom is -0.480 e. The fourth-order valence-electron chi connectivity index (χ4n) is 1.79. The summed E-state index contributed by atoms with van der Waals surface area (Å²) in [5, 5.41) is 22.4. The molecule has 0 saturated carbocycles. The third kappa shape index (κ3) is 5.86. The molecule has 0 aromatic rings. The van der Waals surface area contributed by atoms with Crippen molar-refractivity contribution in [2.45, 2.75) is 18.6 Å². The first-order valence-corrected chi connectivity index (χ1v) is 6.21. The highest BCUT2D eigenvalue weighted by Gasteiger charge is 2.21. The second-order valence-corrected chi connectivity index (χ2v) is 4.51. The lowest BCUT2D eigenvalue weighted by molar-refractivity contribution is -0.139. The molecular weight excluding hydrogens is 254 g/mol. The second kappa shape index (κ2) is 7.93. The van der Waals surface area contributed by atoms with Gasteiger partial charge in [0.1, 0.15) is 6.04 Å². The van der Waals surface area contributed by atoms with Crippen LogP contribution in [0, 0.1) is 0 Å². The van der Waals surface area contributed by atoms with Crippen molar-refractivity contribution in [2.24, 2.45) is 0 Å². The summed E-state index contributed by atoms with van der Waals surface area (Å²) in [6.45, 7) is 2.22. The maximum absolute atomic E-state index is 11.5. The van der Waals surface area contributed by atoms with E-state index in [0.29, 0.717) is 13.2 Å². The van der Waals surface area contributed by atoms with E-state index in [0.717, 1.165) is 13.1 Å². The average molecular weight is 275 g/mol. The molecule has 0 spiro atoms. The van der Waals surface area contributed by atoms with E-state index < -0.39 is 18.0 Å². The van der Waals surface area contributed by atoms with Crippen molar-refractivity contribution in [1.29, 1.82) is 0 Å². The van der Waals surface area contributed by atoms with E-state index in [-0.39, 0.29) is 19.1 Å². The van der Waals surface area contributed by atoms with Gasteiger partial charge in [0.15, 0.2) is 0 Å². The Labute approximate surface area is 111 Å². The van der Waals surface area contributed by atoms with Crippen molar-refractivity contribution in [3.8, 4) is 0 Å². The summed E-state index contributed by atoms with van der Waals surface area (Å²) in [6, 6.07) is -1.65. The largest absolute Gasteiger partial charge is 0.480 e. The number of urea groups is 1. The molecule has 0 aromatic carbocycles. The van der Waals surface area contributed by atoms with Gasteiger partial charge < -0.3 is 30.5 Å². The molecule has 4 N–H and O–H groups in total. The van der Waals surface area contributed by atoms with Gasteiger partial charge in [0.05, 0.1) is 12.7 Å². The van der Waals surface area contributed by atoms with Crippen molar-refractivity contribution >= 4 is 12.0 Å². The summed E-state index contributed by atoms with van der Waals surface area (Å²) in [7, 11) is 1.97. The fourth-order valence-corrected chi connectivity index (χ4v) is 1.79. The summed E-state index contributed by atoms with van der Waals surface area (Å²) >= 11 is 0. The maximum Gasteiger partial charge on any atom is 0.326 e. The molecule has 1 saturated heterocycles. The van der Waals surface area contributed by atoms with E-state index in [1.807, 2.05) is 7.05 Å². The Bertz CT molecular complexity index is 313. The van der Waals surface area contributed by atoms with E-state index in [1.54, 1.807) is 0 Å². The quantitative estimate of drug-likeness (QED) is 0.467. The van der Waals surface area contributed by atoms with Gasteiger partial charge in [-0.1, -0.05) is 0 Å². The third-order valence-electron chi connectivity index (χ3n) is 2.85. The van der Waals surface area contributed by atoms with Crippen LogP contribution < -0.4 is 10.6 Å². The number of ether oxygens (including phenoxy) is 1. The molecule has 8 nitrogen and oxygen atoms in total. The van der Waals surface area contributed by atoms with Gasteiger partial charge in [-0.15, -0.1) is 0 Å². The van der Waals surface area contributed by atoms with Crippen molar-refractivity contribution in [1.82, 2.24) is 15.5 Å². The van der Waals surface area contributed by atoms with Crippen molar-refractivity contribution in [3.63, 3.8) is 0 Å². The minimum absolute atomic E-state index is 0.0224. The second-order valence-electron chi connectivity index (χ2n) is 4.51. The maximum atomic E-state index is 11.5. The standard InChI is InChI=1S/C11H21N3O5/c1-14-3-5-19-8(7-14)6-12-11(18)13-9(2-4-15)10(16)17/h8-9,15H,2-7H2,1H3,(H,16,17)(H2,12,13,18)/t8?,9-/m1/s1. The van der Waals surface area contributed by atoms with Crippen LogP contribution in [0.3, 0.4) is 0 Å². The van der Waals surface area contributed by atoms with Crippen LogP contribution in [-0.2, 0) is 9.53 Å². The normalized spacial score (nSPS) is 21.7. The zero-order chi connectivity index (χ0) is 14.3. The van der Waals surface area contributed by atoms with Gasteiger partial charge in [-0.2, -0.15) is 0 Å². The Kier molecular flexibility index (Phi) is 6.54. The van der Waals surface area contributed by atoms with Crippen molar-refractivity contribution in [3.05, 3.63) is 0 Å². The number of morpholine rings is 1. The fraction of sp³-hybridized carbons (Fsp3) is 0.818. The van der Waals surface area contributed by atoms with Crippen LogP contribution >= 0.6 is 0 Å². The summed E-state index contributed by atoms with van der Waals surface area (Å²) in [5.41, 5.74) is 0. The summed E-state index contributed by atoms with van der Waals surface area (Å²) in [5.74, 6) is -1.17. The Balaban J connectivity index is 2.28. The summed E-state index contributed by atoms with van der Waals surface area (Å²) < 4.78 is 5.46. The number of aliphatic carboxylic acids is 1. The number of nitrogens with one attached hydrogen (secondary N) is 2. The lowest BCUT2D eigenvalue weighted by Crippen LogP contribution is -2.51. The van der Waals surface area contributed by atoms with Crippen LogP contribution in [0.15, 0.2) is 0 Å². The predicted octanol–water partition coefficient (Wildman–Crippen LogP) is -1.55. The molecule has 0 aromatic heterocycles. The number of amides is 2. The predicted molar refractivity (Wildman–Crippen MR) is 66.9 cm³/mol. The van der Waals surface area contributed by atoms with Gasteiger partial charge >= 0.3 is 12.0 Å². The monoisotopic (exact) mass is 275 g/mol. The number of aliphatic hydroxyl groups is 1. The van der Waals surface area contributed by atoms with Crippen LogP contribution in [0.25, 0.3) is 0 Å². The van der Waals surface area contributed by atoms with Crippen LogP contribution in [0.2, 0.25) is 0 Å². The minimum atomic E-state index is -1.17. The lowest BCUT2D eigenvalue weighted by Gasteiger charge is -2.30. The van der Waals surface area contributed by atoms with Gasteiger partial charge in [0.2, 0.25) is 0 Å². The van der Waals surface area contributed by atoms with E-state index in [4.69, 9.17) is 14.9 Å². The SMILES string of the molecule is CN1CCOC(CNC(=O)N[C@H](CCO)C(=O)O)C1. The molecule has 0 bridgehead atoms. The number of likely N-dealkylation sites (N-methyl/N-ethyl adjacent to an activating group) is 1. The van der Waals surface area contributed by atoms with Gasteiger partial charge in [-0.25, -0.2) is 9.59 Å². The number of carboxylic acids is 1. The van der Waals surface area contributed by atoms with E-state index >= 15 is 0 Å². The first kappa shape index (κ1) is 15.7. The summed E-state index contributed by atoms with van der Waals surface area (Å²) in [4.78, 5) is 24.4. The molecule has 1 aliphatic heterocycles. The van der Waals surface area contributed by atoms with Gasteiger partial charge in [0, 0.05) is 32.7 Å². The third-order valence-corrected chi connectivity index (χ3v) is 2.85. The van der Waals surface area contributed by atoms with Crippen LogP contribution in [0.1, 0.15) is 6.42 Å². The topological polar surface area (TPSA) is 111 Å². The molecule has 1 heterocycles. The number of carbonyl (C=O) groups excluding carboxylic acids is 1. The number of nitrogens with zero attached hydrogens (tertiary/aromatic N) is 1. The number of carbonyl (C=O) groups is 2. The van der Waals surface area contributed by atoms with E-state index in [1.165, 1.54) is 0 Å². The van der Waals surface area contributed by atoms with Crippen molar-refractivity contribution in [2.75, 3.05) is 39.9 Å². The molecule has 110 valence electrons. The van der Waals surface area contributed by atoms with Crippen LogP contribution in [0.4, 0.5) is 4.79 Å². The smallest absolute Gasteiger partial charge is 0.326 e. The molecule has 1 aliphatic rings. The first-order valence-electron chi connectivity index (χ1n) is 6.21. The highest BCUT2D eigenvalue weighted by Crippen LogP contribution is 2.01. The number of rotatable bonds is 6. The van der Waals surface area contributed by atoms with Crippen LogP contribution in [0.5, 0.6) is 0 Å². The molecular formula is C11H21N3O5. The number of carboxylic acid groups (broad SMARTS) is 1. The molecule has 8 heteroatoms. The number of hydrogen-bond acceptors (Lipinski definition) is 5. The van der Waals surface area contributed by atoms with Gasteiger partial charge in [-0.3, -0.25) is 0 Å².